The maximum atomic E-state index is 9.43. The molecular formula is C5H12NNaO3. The molecule has 1 amide bonds. The fraction of sp³-hybridized carbons (Fsp3) is 0.400. The molecule has 0 fully saturated rings. The summed E-state index contributed by atoms with van der Waals surface area (Å²) < 4.78 is 0. The molecule has 0 saturated carbocycles. The van der Waals surface area contributed by atoms with Crippen LogP contribution in [0.15, 0.2) is 0 Å². The summed E-state index contributed by atoms with van der Waals surface area (Å²) in [5, 5.41) is 0. The van der Waals surface area contributed by atoms with E-state index in [2.05, 4.69) is 0 Å². The van der Waals surface area contributed by atoms with E-state index in [-0.39, 0.29) is 31.0 Å². The topological polar surface area (TPSA) is 54.5 Å². The normalized spacial score (nSPS) is 4.20. The van der Waals surface area contributed by atoms with E-state index in [1.54, 1.807) is 14.1 Å². The molecule has 0 aromatic rings. The summed E-state index contributed by atoms with van der Waals surface area (Å²) in [6, 6.07) is 0. The van der Waals surface area contributed by atoms with Crippen molar-refractivity contribution in [2.45, 2.75) is 0 Å². The molecule has 0 aliphatic carbocycles. The van der Waals surface area contributed by atoms with E-state index in [1.165, 1.54) is 4.90 Å². The second kappa shape index (κ2) is 37.0. The van der Waals surface area contributed by atoms with Crippen LogP contribution in [0, 0.1) is 0 Å². The third-order valence-corrected chi connectivity index (χ3v) is 0.211. The molecule has 0 N–H and O–H groups in total. The van der Waals surface area contributed by atoms with E-state index in [4.69, 9.17) is 9.59 Å². The Labute approximate surface area is 84.4 Å². The molecule has 0 rings (SSSR count). The van der Waals surface area contributed by atoms with Crippen molar-refractivity contribution in [2.24, 2.45) is 0 Å². The second-order valence-electron chi connectivity index (χ2n) is 1.07. The third-order valence-electron chi connectivity index (χ3n) is 0.211. The van der Waals surface area contributed by atoms with Crippen molar-refractivity contribution in [2.75, 3.05) is 14.1 Å². The van der Waals surface area contributed by atoms with Crippen LogP contribution in [0.2, 0.25) is 0 Å². The Kier molecular flexibility index (Phi) is 83.5. The summed E-state index contributed by atoms with van der Waals surface area (Å²) in [5.74, 6) is 0. The monoisotopic (exact) mass is 157 g/mol. The minimum atomic E-state index is 0. The van der Waals surface area contributed by atoms with Gasteiger partial charge in [0.1, 0.15) is 13.6 Å². The molecular weight excluding hydrogens is 145 g/mol. The molecule has 0 atom stereocenters. The molecule has 0 radical (unpaired) electrons. The number of hydrogen-bond acceptors (Lipinski definition) is 3. The Morgan fingerprint density at radius 1 is 1.20 bits per heavy atom. The molecule has 0 saturated heterocycles. The number of carbonyl (C=O) groups excluding carboxylic acids is 3. The van der Waals surface area contributed by atoms with Crippen LogP contribution in [0.3, 0.4) is 0 Å². The van der Waals surface area contributed by atoms with Gasteiger partial charge in [-0.2, -0.15) is 0 Å². The molecule has 0 unspecified atom stereocenters. The van der Waals surface area contributed by atoms with Crippen LogP contribution in [0.4, 0.5) is 0 Å². The molecule has 56 valence electrons. The molecule has 0 heterocycles. The van der Waals surface area contributed by atoms with Gasteiger partial charge in [-0.25, -0.2) is 0 Å². The first-order valence-corrected chi connectivity index (χ1v) is 1.97. The maximum Gasteiger partial charge on any atom is 1.00 e. The number of carbonyl (C=O) groups is 3. The van der Waals surface area contributed by atoms with Crippen LogP contribution in [0.25, 0.3) is 0 Å². The van der Waals surface area contributed by atoms with E-state index < -0.39 is 0 Å². The van der Waals surface area contributed by atoms with Gasteiger partial charge in [-0.05, 0) is 0 Å². The van der Waals surface area contributed by atoms with E-state index in [0.717, 1.165) is 6.41 Å². The van der Waals surface area contributed by atoms with Gasteiger partial charge in [-0.1, -0.05) is 0 Å². The minimum Gasteiger partial charge on any atom is -1.00 e. The summed E-state index contributed by atoms with van der Waals surface area (Å²) in [6.07, 6.45) is 0.750. The van der Waals surface area contributed by atoms with E-state index in [0.29, 0.717) is 0 Å². The Balaban J connectivity index is -0.0000000178. The van der Waals surface area contributed by atoms with Gasteiger partial charge in [0.2, 0.25) is 6.41 Å². The molecule has 0 aromatic heterocycles. The largest absolute Gasteiger partial charge is 1.00 e. The van der Waals surface area contributed by atoms with Crippen LogP contribution in [-0.4, -0.2) is 39.0 Å². The zero-order valence-electron chi connectivity index (χ0n) is 7.66. The average Bonchev–Trinajstić information content (AvgIpc) is 1.97. The van der Waals surface area contributed by atoms with Crippen molar-refractivity contribution in [3.8, 4) is 0 Å². The Morgan fingerprint density at radius 2 is 1.30 bits per heavy atom. The Morgan fingerprint density at radius 3 is 1.30 bits per heavy atom. The Hall–Kier alpha value is -0.190. The Bertz CT molecular complexity index is 63.7. The van der Waals surface area contributed by atoms with E-state index in [9.17, 15) is 4.79 Å². The number of hydrogen-bond donors (Lipinski definition) is 0. The zero-order chi connectivity index (χ0) is 8.28. The quantitative estimate of drug-likeness (QED) is 0.292. The van der Waals surface area contributed by atoms with Crippen LogP contribution >= 0.6 is 0 Å². The minimum absolute atomic E-state index is 0. The third kappa shape index (κ3) is 111. The molecule has 0 aromatic carbocycles. The first-order chi connectivity index (χ1) is 4.27. The first-order valence-electron chi connectivity index (χ1n) is 1.97. The van der Waals surface area contributed by atoms with Crippen molar-refractivity contribution < 1.29 is 45.4 Å². The van der Waals surface area contributed by atoms with Crippen molar-refractivity contribution in [3.05, 3.63) is 0 Å². The van der Waals surface area contributed by atoms with Crippen molar-refractivity contribution >= 4 is 20.0 Å². The van der Waals surface area contributed by atoms with Gasteiger partial charge >= 0.3 is 29.6 Å². The summed E-state index contributed by atoms with van der Waals surface area (Å²) in [6.45, 7) is 4.00. The second-order valence-corrected chi connectivity index (χ2v) is 1.07. The van der Waals surface area contributed by atoms with Gasteiger partial charge in [-0.15, -0.1) is 0 Å². The molecule has 0 aliphatic heterocycles. The standard InChI is InChI=1S/C3H7NO.2CH2O.Na.H/c1-4(2)3-5;2*1-2;;/h3H,1-2H3;2*1H2;;/q;;;+1;-1. The van der Waals surface area contributed by atoms with Crippen LogP contribution in [0.5, 0.6) is 0 Å². The predicted octanol–water partition coefficient (Wildman–Crippen LogP) is -3.55. The molecule has 0 bridgehead atoms. The van der Waals surface area contributed by atoms with Gasteiger partial charge in [0.05, 0.1) is 0 Å². The van der Waals surface area contributed by atoms with Crippen LogP contribution in [0.1, 0.15) is 1.43 Å². The van der Waals surface area contributed by atoms with Crippen molar-refractivity contribution in [1.82, 2.24) is 4.90 Å². The summed E-state index contributed by atoms with van der Waals surface area (Å²) in [5.41, 5.74) is 0. The van der Waals surface area contributed by atoms with Crippen LogP contribution < -0.4 is 29.6 Å². The van der Waals surface area contributed by atoms with Crippen molar-refractivity contribution in [3.63, 3.8) is 0 Å². The van der Waals surface area contributed by atoms with Gasteiger partial charge < -0.3 is 15.9 Å². The molecule has 0 spiro atoms. The van der Waals surface area contributed by atoms with E-state index in [1.807, 2.05) is 13.6 Å². The van der Waals surface area contributed by atoms with Gasteiger partial charge in [0.25, 0.3) is 0 Å². The smallest absolute Gasteiger partial charge is 1.00 e. The summed E-state index contributed by atoms with van der Waals surface area (Å²) in [7, 11) is 3.38. The summed E-state index contributed by atoms with van der Waals surface area (Å²) >= 11 is 0. The molecule has 4 nitrogen and oxygen atoms in total. The van der Waals surface area contributed by atoms with Gasteiger partial charge in [0, 0.05) is 14.1 Å². The zero-order valence-corrected chi connectivity index (χ0v) is 8.66. The van der Waals surface area contributed by atoms with Gasteiger partial charge in [-0.3, -0.25) is 4.79 Å². The maximum absolute atomic E-state index is 9.43. The molecule has 5 heteroatoms. The molecule has 0 aliphatic rings. The predicted molar refractivity (Wildman–Crippen MR) is 35.1 cm³/mol. The summed E-state index contributed by atoms with van der Waals surface area (Å²) in [4.78, 5) is 26.9. The number of amides is 1. The van der Waals surface area contributed by atoms with E-state index >= 15 is 0 Å². The fourth-order valence-electron chi connectivity index (χ4n) is 0. The van der Waals surface area contributed by atoms with Gasteiger partial charge in [0.15, 0.2) is 0 Å². The van der Waals surface area contributed by atoms with Crippen LogP contribution in [-0.2, 0) is 14.4 Å². The average molecular weight is 157 g/mol. The number of nitrogens with zero attached hydrogens (tertiary/aromatic N) is 1. The number of rotatable bonds is 1. The fourth-order valence-corrected chi connectivity index (χ4v) is 0. The molecule has 10 heavy (non-hydrogen) atoms. The SMILES string of the molecule is C=O.C=O.CN(C)C=O.[H-].[Na+]. The van der Waals surface area contributed by atoms with Crippen molar-refractivity contribution in [1.29, 1.82) is 0 Å². The first kappa shape index (κ1) is 22.6.